The molecule has 1 saturated carbocycles. The molecule has 0 N–H and O–H groups in total. The fraction of sp³-hybridized carbons (Fsp3) is 0.900. The van der Waals surface area contributed by atoms with Gasteiger partial charge in [0.05, 0.1) is 0 Å². The second-order valence-corrected chi connectivity index (χ2v) is 3.45. The largest absolute Gasteiger partial charge is 0.0654 e. The Morgan fingerprint density at radius 3 is 2.60 bits per heavy atom. The second-order valence-electron chi connectivity index (χ2n) is 3.45. The lowest BCUT2D eigenvalue weighted by molar-refractivity contribution is 0.370. The van der Waals surface area contributed by atoms with Crippen LogP contribution in [-0.2, 0) is 0 Å². The van der Waals surface area contributed by atoms with Crippen molar-refractivity contribution in [1.82, 2.24) is 0 Å². The lowest BCUT2D eigenvalue weighted by Gasteiger charge is -2.20. The van der Waals surface area contributed by atoms with Crippen LogP contribution in [0.15, 0.2) is 0 Å². The van der Waals surface area contributed by atoms with E-state index >= 15 is 0 Å². The van der Waals surface area contributed by atoms with Gasteiger partial charge in [-0.25, -0.2) is 0 Å². The fourth-order valence-corrected chi connectivity index (χ4v) is 1.78. The highest BCUT2D eigenvalue weighted by Crippen LogP contribution is 2.26. The van der Waals surface area contributed by atoms with Crippen molar-refractivity contribution in [3.63, 3.8) is 0 Å². The summed E-state index contributed by atoms with van der Waals surface area (Å²) in [5, 5.41) is 0. The normalized spacial score (nSPS) is 21.3. The molecule has 1 fully saturated rings. The monoisotopic (exact) mass is 139 g/mol. The molecule has 0 heteroatoms. The molecule has 0 saturated heterocycles. The smallest absolute Gasteiger partial charge is 0.0386 e. The zero-order valence-electron chi connectivity index (χ0n) is 7.10. The van der Waals surface area contributed by atoms with Crippen molar-refractivity contribution in [2.75, 3.05) is 0 Å². The molecule has 1 aliphatic rings. The maximum Gasteiger partial charge on any atom is -0.0386 e. The second kappa shape index (κ2) is 4.76. The van der Waals surface area contributed by atoms with Gasteiger partial charge in [-0.3, -0.25) is 0 Å². The molecule has 0 atom stereocenters. The van der Waals surface area contributed by atoms with Crippen LogP contribution in [0.5, 0.6) is 0 Å². The third kappa shape index (κ3) is 2.72. The van der Waals surface area contributed by atoms with Gasteiger partial charge in [0.15, 0.2) is 0 Å². The Morgan fingerprint density at radius 2 is 2.00 bits per heavy atom. The topological polar surface area (TPSA) is 0 Å². The average molecular weight is 139 g/mol. The Balaban J connectivity index is 2.02. The van der Waals surface area contributed by atoms with E-state index in [1.54, 1.807) is 0 Å². The standard InChI is InChI=1S/C10H19/c1-2-3-7-10-8-5-4-6-9-10/h4,10H,2-3,5-9H2,1H3. The summed E-state index contributed by atoms with van der Waals surface area (Å²) in [6.07, 6.45) is 12.5. The Hall–Kier alpha value is 0. The molecule has 0 amide bonds. The molecular weight excluding hydrogens is 120 g/mol. The van der Waals surface area contributed by atoms with Gasteiger partial charge in [0.1, 0.15) is 0 Å². The first-order chi connectivity index (χ1) is 4.93. The Bertz CT molecular complexity index is 70.1. The number of hydrogen-bond acceptors (Lipinski definition) is 0. The highest BCUT2D eigenvalue weighted by atomic mass is 14.2. The Kier molecular flexibility index (Phi) is 3.86. The number of rotatable bonds is 3. The van der Waals surface area contributed by atoms with E-state index in [9.17, 15) is 0 Å². The molecule has 0 aromatic carbocycles. The van der Waals surface area contributed by atoms with Crippen LogP contribution < -0.4 is 0 Å². The molecule has 1 rings (SSSR count). The Labute approximate surface area is 65.0 Å². The molecule has 1 radical (unpaired) electrons. The first-order valence-corrected chi connectivity index (χ1v) is 4.75. The molecule has 10 heavy (non-hydrogen) atoms. The van der Waals surface area contributed by atoms with Crippen LogP contribution in [0.4, 0.5) is 0 Å². The van der Waals surface area contributed by atoms with E-state index < -0.39 is 0 Å². The van der Waals surface area contributed by atoms with Gasteiger partial charge in [0.2, 0.25) is 0 Å². The van der Waals surface area contributed by atoms with E-state index in [0.717, 1.165) is 5.92 Å². The molecule has 1 aliphatic carbocycles. The first-order valence-electron chi connectivity index (χ1n) is 4.75. The van der Waals surface area contributed by atoms with Crippen LogP contribution in [-0.4, -0.2) is 0 Å². The van der Waals surface area contributed by atoms with Crippen LogP contribution in [0.3, 0.4) is 0 Å². The summed E-state index contributed by atoms with van der Waals surface area (Å²) < 4.78 is 0. The van der Waals surface area contributed by atoms with Crippen LogP contribution in [0, 0.1) is 12.3 Å². The molecule has 0 aliphatic heterocycles. The maximum absolute atomic E-state index is 2.45. The molecule has 59 valence electrons. The zero-order valence-corrected chi connectivity index (χ0v) is 7.10. The Morgan fingerprint density at radius 1 is 1.30 bits per heavy atom. The van der Waals surface area contributed by atoms with Gasteiger partial charge < -0.3 is 0 Å². The third-order valence-electron chi connectivity index (χ3n) is 2.52. The average Bonchev–Trinajstić information content (AvgIpc) is 2.03. The molecule has 0 bridgehead atoms. The van der Waals surface area contributed by atoms with Crippen LogP contribution in [0.1, 0.15) is 51.9 Å². The van der Waals surface area contributed by atoms with Gasteiger partial charge >= 0.3 is 0 Å². The van der Waals surface area contributed by atoms with Crippen molar-refractivity contribution in [2.45, 2.75) is 51.9 Å². The lowest BCUT2D eigenvalue weighted by atomic mass is 9.86. The van der Waals surface area contributed by atoms with Crippen molar-refractivity contribution in [3.8, 4) is 0 Å². The van der Waals surface area contributed by atoms with Gasteiger partial charge in [-0.2, -0.15) is 0 Å². The molecule has 0 unspecified atom stereocenters. The fourth-order valence-electron chi connectivity index (χ4n) is 1.78. The first kappa shape index (κ1) is 8.10. The predicted molar refractivity (Wildman–Crippen MR) is 45.8 cm³/mol. The third-order valence-corrected chi connectivity index (χ3v) is 2.52. The molecule has 0 nitrogen and oxygen atoms in total. The van der Waals surface area contributed by atoms with Crippen LogP contribution in [0.2, 0.25) is 0 Å². The van der Waals surface area contributed by atoms with Gasteiger partial charge in [0, 0.05) is 0 Å². The summed E-state index contributed by atoms with van der Waals surface area (Å²) in [5.74, 6) is 1.07. The van der Waals surface area contributed by atoms with Gasteiger partial charge in [0.25, 0.3) is 0 Å². The SMILES string of the molecule is CCCCC1CC[CH]CC1. The summed E-state index contributed by atoms with van der Waals surface area (Å²) in [6.45, 7) is 2.29. The summed E-state index contributed by atoms with van der Waals surface area (Å²) in [7, 11) is 0. The van der Waals surface area contributed by atoms with Crippen molar-refractivity contribution >= 4 is 0 Å². The minimum atomic E-state index is 1.07. The van der Waals surface area contributed by atoms with Crippen LogP contribution >= 0.6 is 0 Å². The summed E-state index contributed by atoms with van der Waals surface area (Å²) in [5.41, 5.74) is 0. The zero-order chi connectivity index (χ0) is 7.23. The van der Waals surface area contributed by atoms with E-state index in [-0.39, 0.29) is 0 Å². The minimum absolute atomic E-state index is 1.07. The summed E-state index contributed by atoms with van der Waals surface area (Å²) in [6, 6.07) is 0. The highest BCUT2D eigenvalue weighted by molar-refractivity contribution is 4.76. The molecule has 0 aromatic heterocycles. The van der Waals surface area contributed by atoms with E-state index in [2.05, 4.69) is 13.3 Å². The van der Waals surface area contributed by atoms with E-state index in [1.165, 1.54) is 44.9 Å². The summed E-state index contributed by atoms with van der Waals surface area (Å²) in [4.78, 5) is 0. The molecule has 0 spiro atoms. The minimum Gasteiger partial charge on any atom is -0.0654 e. The van der Waals surface area contributed by atoms with Crippen molar-refractivity contribution in [2.24, 2.45) is 5.92 Å². The van der Waals surface area contributed by atoms with Crippen LogP contribution in [0.25, 0.3) is 0 Å². The van der Waals surface area contributed by atoms with Gasteiger partial charge in [-0.05, 0) is 25.2 Å². The quantitative estimate of drug-likeness (QED) is 0.560. The van der Waals surface area contributed by atoms with E-state index in [0.29, 0.717) is 0 Å². The van der Waals surface area contributed by atoms with E-state index in [1.807, 2.05) is 0 Å². The maximum atomic E-state index is 2.45. The van der Waals surface area contributed by atoms with Crippen molar-refractivity contribution in [1.29, 1.82) is 0 Å². The summed E-state index contributed by atoms with van der Waals surface area (Å²) >= 11 is 0. The van der Waals surface area contributed by atoms with Gasteiger partial charge in [-0.1, -0.05) is 39.0 Å². The molecule has 0 heterocycles. The molecule has 0 aromatic rings. The number of unbranched alkanes of at least 4 members (excludes halogenated alkanes) is 1. The predicted octanol–water partition coefficient (Wildman–Crippen LogP) is 3.57. The van der Waals surface area contributed by atoms with Crippen molar-refractivity contribution < 1.29 is 0 Å². The molecular formula is C10H19. The number of hydrogen-bond donors (Lipinski definition) is 0. The lowest BCUT2D eigenvalue weighted by Crippen LogP contribution is -2.05. The van der Waals surface area contributed by atoms with E-state index in [4.69, 9.17) is 0 Å². The van der Waals surface area contributed by atoms with Crippen molar-refractivity contribution in [3.05, 3.63) is 6.42 Å². The van der Waals surface area contributed by atoms with Gasteiger partial charge in [-0.15, -0.1) is 0 Å². The highest BCUT2D eigenvalue weighted by Gasteiger charge is 2.11.